The fourth-order valence-corrected chi connectivity index (χ4v) is 11.4. The monoisotopic (exact) mass is 1230 g/mol. The van der Waals surface area contributed by atoms with Gasteiger partial charge < -0.3 is 37.1 Å². The summed E-state index contributed by atoms with van der Waals surface area (Å²) in [5, 5.41) is 5.68. The molecular formula is C60H57ClF2N8O13S2. The molecule has 8 heterocycles. The third-order valence-electron chi connectivity index (χ3n) is 14.6. The quantitative estimate of drug-likeness (QED) is 0.0639. The number of sulfonamides is 2. The Morgan fingerprint density at radius 2 is 1.05 bits per heavy atom. The number of nitrogens with two attached hydrogens (primary N) is 1. The molecule has 448 valence electrons. The van der Waals surface area contributed by atoms with E-state index in [4.69, 9.17) is 33.1 Å². The summed E-state index contributed by atoms with van der Waals surface area (Å²) in [6.07, 6.45) is 2.51. The molecule has 21 nitrogen and oxygen atoms in total. The lowest BCUT2D eigenvalue weighted by Gasteiger charge is -2.23. The minimum absolute atomic E-state index is 0. The van der Waals surface area contributed by atoms with Gasteiger partial charge >= 0.3 is 0 Å². The van der Waals surface area contributed by atoms with Crippen LogP contribution >= 0.6 is 12.4 Å². The van der Waals surface area contributed by atoms with E-state index in [-0.39, 0.29) is 96.0 Å². The van der Waals surface area contributed by atoms with Gasteiger partial charge in [0.05, 0.1) is 75.9 Å². The summed E-state index contributed by atoms with van der Waals surface area (Å²) in [4.78, 5) is 56.8. The van der Waals surface area contributed by atoms with Crippen LogP contribution in [0.5, 0.6) is 11.5 Å². The van der Waals surface area contributed by atoms with E-state index in [2.05, 4.69) is 15.9 Å². The van der Waals surface area contributed by atoms with Crippen molar-refractivity contribution in [3.63, 3.8) is 0 Å². The van der Waals surface area contributed by atoms with Gasteiger partial charge in [0.1, 0.15) is 58.5 Å². The minimum atomic E-state index is -3.72. The van der Waals surface area contributed by atoms with E-state index in [1.807, 2.05) is 15.2 Å². The first-order chi connectivity index (χ1) is 40.4. The number of carbonyl (C=O) groups excluding carboxylic acids is 3. The first-order valence-electron chi connectivity index (χ1n) is 26.3. The summed E-state index contributed by atoms with van der Waals surface area (Å²) >= 11 is 0. The molecule has 0 saturated carbocycles. The van der Waals surface area contributed by atoms with Crippen LogP contribution in [0.15, 0.2) is 111 Å². The number of rotatable bonds is 13. The fraction of sp³-hybridized carbons (Fsp3) is 0.233. The molecule has 2 N–H and O–H groups in total. The van der Waals surface area contributed by atoms with Crippen LogP contribution in [-0.2, 0) is 43.2 Å². The number of hydrogen-bond acceptors (Lipinski definition) is 17. The van der Waals surface area contributed by atoms with Crippen LogP contribution in [0.3, 0.4) is 0 Å². The predicted molar refractivity (Wildman–Crippen MR) is 325 cm³/mol. The molecule has 86 heavy (non-hydrogen) atoms. The first-order valence-corrected chi connectivity index (χ1v) is 30.0. The number of fused-ring (bicyclic) bond motifs is 12. The Labute approximate surface area is 497 Å². The maximum Gasteiger partial charge on any atom is 0.232 e. The number of Topliss-reactive ketones (excluding diaryl/α,β-unsaturated/α-hetero) is 3. The number of furan rings is 2. The van der Waals surface area contributed by atoms with Gasteiger partial charge in [-0.2, -0.15) is 0 Å². The molecule has 0 spiro atoms. The first kappa shape index (κ1) is 61.5. The number of ether oxygens (including phenoxy) is 2. The van der Waals surface area contributed by atoms with Crippen molar-refractivity contribution in [1.29, 1.82) is 0 Å². The number of hydrogen-bond donors (Lipinski definition) is 1. The van der Waals surface area contributed by atoms with E-state index in [1.54, 1.807) is 93.6 Å². The Balaban J connectivity index is 0.000000195. The van der Waals surface area contributed by atoms with Gasteiger partial charge in [-0.3, -0.25) is 23.0 Å². The predicted octanol–water partition coefficient (Wildman–Crippen LogP) is 11.7. The lowest BCUT2D eigenvalue weighted by molar-refractivity contribution is 0.0952. The van der Waals surface area contributed by atoms with Crippen molar-refractivity contribution in [1.82, 2.24) is 19.1 Å². The highest BCUT2D eigenvalue weighted by Gasteiger charge is 2.31. The molecule has 4 aromatic carbocycles. The number of oxime groups is 1. The maximum absolute atomic E-state index is 14.6. The summed E-state index contributed by atoms with van der Waals surface area (Å²) in [6.45, 7) is 6.76. The van der Waals surface area contributed by atoms with E-state index < -0.39 is 25.8 Å². The SMILES string of the molecule is CCC(=O)c1c(/C(C)=N/OC)oc2cc(N(C)S(C)(=O)=O)c(-c3ccc4c(n3)-c3cc5c(F)cccc5n3CO4)cc12.CCC(=O)c1c(C(C)=O)oc2cc(N(C)S(C)(=O)=O)c(-c3ccc4c(n3)-c3cc5c(F)cccc5n3CO4)cc12.CON.Cl. The number of nitrogens with zero attached hydrogens (tertiary/aromatic N) is 7. The lowest BCUT2D eigenvalue weighted by Crippen LogP contribution is -2.25. The normalized spacial score (nSPS) is 12.5. The fourth-order valence-electron chi connectivity index (χ4n) is 10.4. The molecule has 0 unspecified atom stereocenters. The van der Waals surface area contributed by atoms with Crippen LogP contribution in [0.4, 0.5) is 20.2 Å². The Kier molecular flexibility index (Phi) is 17.0. The summed E-state index contributed by atoms with van der Waals surface area (Å²) < 4.78 is 110. The van der Waals surface area contributed by atoms with Gasteiger partial charge in [0, 0.05) is 78.7 Å². The third-order valence-corrected chi connectivity index (χ3v) is 17.0. The number of pyridine rings is 2. The number of halogens is 3. The van der Waals surface area contributed by atoms with Crippen LogP contribution in [0.2, 0.25) is 0 Å². The lowest BCUT2D eigenvalue weighted by atomic mass is 9.99. The zero-order valence-corrected chi connectivity index (χ0v) is 50.5. The average molecular weight is 1240 g/mol. The summed E-state index contributed by atoms with van der Waals surface area (Å²) in [6, 6.07) is 26.4. The number of anilines is 2. The molecule has 0 bridgehead atoms. The third kappa shape index (κ3) is 10.9. The second-order valence-electron chi connectivity index (χ2n) is 19.9. The van der Waals surface area contributed by atoms with E-state index >= 15 is 0 Å². The molecule has 0 saturated heterocycles. The van der Waals surface area contributed by atoms with Crippen LogP contribution in [0.1, 0.15) is 77.6 Å². The molecule has 2 aliphatic heterocycles. The highest BCUT2D eigenvalue weighted by atomic mass is 35.5. The second kappa shape index (κ2) is 23.8. The molecule has 10 aromatic rings. The molecular weight excluding hydrogens is 1180 g/mol. The highest BCUT2D eigenvalue weighted by Crippen LogP contribution is 2.45. The zero-order valence-electron chi connectivity index (χ0n) is 48.1. The van der Waals surface area contributed by atoms with Gasteiger partial charge in [-0.1, -0.05) is 31.1 Å². The molecule has 0 fully saturated rings. The van der Waals surface area contributed by atoms with Crippen LogP contribution in [0.25, 0.3) is 89.0 Å². The van der Waals surface area contributed by atoms with Crippen LogP contribution in [-0.4, -0.2) is 99.8 Å². The number of ketones is 3. The molecule has 0 radical (unpaired) electrons. The van der Waals surface area contributed by atoms with Gasteiger partial charge in [0.15, 0.2) is 42.3 Å². The topological polar surface area (TPSA) is 263 Å². The Hall–Kier alpha value is -9.01. The largest absolute Gasteiger partial charge is 0.470 e. The van der Waals surface area contributed by atoms with Crippen LogP contribution in [0, 0.1) is 11.6 Å². The maximum atomic E-state index is 14.6. The van der Waals surface area contributed by atoms with Gasteiger partial charge in [-0.15, -0.1) is 12.4 Å². The Morgan fingerprint density at radius 1 is 0.640 bits per heavy atom. The van der Waals surface area contributed by atoms with E-state index in [9.17, 15) is 40.0 Å². The standard InChI is InChI=1S/C30H27FN4O6S.C29H24FN3O6S.CH5NO.ClH/c1-6-25(36)28-19-12-18(23(34(3)42(5,37)38)14-27(19)41-30(28)16(2)33-39-4)21-10-11-26-29(32-21)24-13-17-20(31)8-7-9-22(17)35(24)15-40-26;1-5-24(35)27-18-11-17(22(32(3)40(4,36)37)13-26(18)39-29(27)15(2)34)20-9-10-25-28(31-20)23-12-16-19(30)7-6-8-21(16)33(23)14-38-25;1-3-2;/h7-14H,6,15H2,1-5H3;6-13H,5,14H2,1-4H3;2H2,1H3;1H/b33-16+;;;. The van der Waals surface area contributed by atoms with Gasteiger partial charge in [-0.25, -0.2) is 41.5 Å². The number of aromatic nitrogens is 4. The molecule has 0 atom stereocenters. The van der Waals surface area contributed by atoms with Gasteiger partial charge in [0.2, 0.25) is 20.0 Å². The zero-order chi connectivity index (χ0) is 61.1. The summed E-state index contributed by atoms with van der Waals surface area (Å²) in [5.74, 6) is 3.90. The van der Waals surface area contributed by atoms with Crippen molar-refractivity contribution in [2.24, 2.45) is 11.1 Å². The van der Waals surface area contributed by atoms with Gasteiger partial charge in [-0.05, 0) is 79.7 Å². The Bertz CT molecular complexity index is 4690. The van der Waals surface area contributed by atoms with E-state index in [0.717, 1.165) is 21.1 Å². The summed E-state index contributed by atoms with van der Waals surface area (Å²) in [5.41, 5.74) is 7.06. The van der Waals surface area contributed by atoms with E-state index in [0.29, 0.717) is 106 Å². The molecule has 2 aliphatic rings. The Morgan fingerprint density at radius 3 is 1.43 bits per heavy atom. The van der Waals surface area contributed by atoms with E-state index in [1.165, 1.54) is 53.4 Å². The molecule has 0 amide bonds. The van der Waals surface area contributed by atoms with Crippen molar-refractivity contribution in [2.75, 3.05) is 49.4 Å². The van der Waals surface area contributed by atoms with Crippen molar-refractivity contribution in [3.8, 4) is 56.8 Å². The van der Waals surface area contributed by atoms with Crippen LogP contribution < -0.4 is 24.0 Å². The second-order valence-corrected chi connectivity index (χ2v) is 23.9. The molecule has 0 aliphatic carbocycles. The smallest absolute Gasteiger partial charge is 0.232 e. The van der Waals surface area contributed by atoms with Crippen molar-refractivity contribution >= 4 is 111 Å². The molecule has 26 heteroatoms. The van der Waals surface area contributed by atoms with Crippen molar-refractivity contribution in [2.45, 2.75) is 54.0 Å². The average Bonchev–Trinajstić information content (AvgIpc) is 1.69. The summed E-state index contributed by atoms with van der Waals surface area (Å²) in [7, 11) is -1.81. The van der Waals surface area contributed by atoms with Crippen molar-refractivity contribution < 1.29 is 68.0 Å². The number of carbonyl (C=O) groups is 3. The molecule has 12 rings (SSSR count). The molecule has 6 aromatic heterocycles. The number of benzene rings is 4. The minimum Gasteiger partial charge on any atom is -0.470 e. The highest BCUT2D eigenvalue weighted by molar-refractivity contribution is 7.92. The van der Waals surface area contributed by atoms with Gasteiger partial charge in [0.25, 0.3) is 0 Å². The van der Waals surface area contributed by atoms with Crippen molar-refractivity contribution in [3.05, 3.63) is 131 Å².